The minimum Gasteiger partial charge on any atom is -0.419 e. The molecule has 3 rings (SSSR count). The van der Waals surface area contributed by atoms with Gasteiger partial charge in [-0.15, -0.1) is 0 Å². The molecule has 3 aromatic rings. The van der Waals surface area contributed by atoms with Gasteiger partial charge in [0.05, 0.1) is 11.9 Å². The summed E-state index contributed by atoms with van der Waals surface area (Å²) in [4.78, 5) is 11.5. The van der Waals surface area contributed by atoms with Gasteiger partial charge in [0.15, 0.2) is 0 Å². The number of carbonyl (C=O) groups is 1. The zero-order valence-corrected chi connectivity index (χ0v) is 10.8. The molecule has 0 unspecified atom stereocenters. The van der Waals surface area contributed by atoms with Gasteiger partial charge in [-0.05, 0) is 34.4 Å². The van der Waals surface area contributed by atoms with Gasteiger partial charge < -0.3 is 4.74 Å². The number of anilines is 1. The molecule has 3 nitrogen and oxygen atoms in total. The van der Waals surface area contributed by atoms with Crippen LogP contribution in [0, 0.1) is 0 Å². The van der Waals surface area contributed by atoms with E-state index in [9.17, 15) is 4.79 Å². The molecule has 0 heterocycles. The van der Waals surface area contributed by atoms with Crippen molar-refractivity contribution in [1.29, 1.82) is 0 Å². The lowest BCUT2D eigenvalue weighted by atomic mass is 10.0. The highest BCUT2D eigenvalue weighted by Gasteiger charge is 2.06. The van der Waals surface area contributed by atoms with E-state index in [0.29, 0.717) is 0 Å². The lowest BCUT2D eigenvalue weighted by Gasteiger charge is -2.09. The molecule has 1 N–H and O–H groups in total. The topological polar surface area (TPSA) is 38.3 Å². The molecule has 20 heavy (non-hydrogen) atoms. The molecule has 0 aliphatic heterocycles. The number of benzene rings is 3. The quantitative estimate of drug-likeness (QED) is 0.538. The Balaban J connectivity index is 2.15. The number of fused-ring (bicyclic) bond motifs is 2. The summed E-state index contributed by atoms with van der Waals surface area (Å²) < 4.78 is 4.70. The van der Waals surface area contributed by atoms with E-state index in [0.717, 1.165) is 28.1 Å². The standard InChI is InChI=1S/C17H13NO2/c1-2-20-17(19)18-16-9-5-8-14-10-12-6-3-4-7-13(12)11-15(14)16/h2-11H,1H2,(H,18,19). The Morgan fingerprint density at radius 1 is 1.00 bits per heavy atom. The summed E-state index contributed by atoms with van der Waals surface area (Å²) in [6, 6.07) is 18.1. The highest BCUT2D eigenvalue weighted by molar-refractivity contribution is 6.06. The van der Waals surface area contributed by atoms with Gasteiger partial charge in [0.2, 0.25) is 0 Å². The molecule has 0 saturated heterocycles. The van der Waals surface area contributed by atoms with Crippen molar-refractivity contribution in [3.8, 4) is 0 Å². The van der Waals surface area contributed by atoms with Crippen LogP contribution in [0.25, 0.3) is 21.5 Å². The predicted octanol–water partition coefficient (Wildman–Crippen LogP) is 4.69. The summed E-state index contributed by atoms with van der Waals surface area (Å²) in [5.41, 5.74) is 0.722. The van der Waals surface area contributed by atoms with Gasteiger partial charge in [-0.25, -0.2) is 4.79 Å². The zero-order valence-electron chi connectivity index (χ0n) is 10.8. The van der Waals surface area contributed by atoms with E-state index in [1.165, 1.54) is 5.39 Å². The van der Waals surface area contributed by atoms with Crippen molar-refractivity contribution in [1.82, 2.24) is 0 Å². The molecule has 0 fully saturated rings. The van der Waals surface area contributed by atoms with Gasteiger partial charge in [-0.2, -0.15) is 0 Å². The largest absolute Gasteiger partial charge is 0.419 e. The Labute approximate surface area is 116 Å². The summed E-state index contributed by atoms with van der Waals surface area (Å²) in [6.45, 7) is 3.36. The molecule has 0 bridgehead atoms. The molecule has 1 amide bonds. The SMILES string of the molecule is C=COC(=O)Nc1cccc2cc3ccccc3cc12. The third kappa shape index (κ3) is 2.21. The first-order chi connectivity index (χ1) is 9.78. The third-order valence-corrected chi connectivity index (χ3v) is 3.17. The Bertz CT molecular complexity index is 808. The minimum absolute atomic E-state index is 0.541. The molecular weight excluding hydrogens is 250 g/mol. The van der Waals surface area contributed by atoms with E-state index < -0.39 is 6.09 Å². The summed E-state index contributed by atoms with van der Waals surface area (Å²) in [6.07, 6.45) is 0.566. The van der Waals surface area contributed by atoms with Crippen LogP contribution in [-0.2, 0) is 4.74 Å². The van der Waals surface area contributed by atoms with E-state index in [-0.39, 0.29) is 0 Å². The first-order valence-electron chi connectivity index (χ1n) is 6.28. The molecule has 3 heteroatoms. The number of hydrogen-bond acceptors (Lipinski definition) is 2. The van der Waals surface area contributed by atoms with Crippen molar-refractivity contribution >= 4 is 33.3 Å². The van der Waals surface area contributed by atoms with Crippen LogP contribution in [0.2, 0.25) is 0 Å². The molecule has 0 aromatic heterocycles. The van der Waals surface area contributed by atoms with Crippen molar-refractivity contribution < 1.29 is 9.53 Å². The summed E-state index contributed by atoms with van der Waals surface area (Å²) in [7, 11) is 0. The van der Waals surface area contributed by atoms with E-state index in [1.807, 2.05) is 36.4 Å². The molecular formula is C17H13NO2. The van der Waals surface area contributed by atoms with Crippen LogP contribution < -0.4 is 5.32 Å². The summed E-state index contributed by atoms with van der Waals surface area (Å²) in [5, 5.41) is 7.07. The Kier molecular flexibility index (Phi) is 3.09. The second-order valence-corrected chi connectivity index (χ2v) is 4.42. The van der Waals surface area contributed by atoms with Gasteiger partial charge in [-0.3, -0.25) is 5.32 Å². The van der Waals surface area contributed by atoms with E-state index in [4.69, 9.17) is 4.74 Å². The Morgan fingerprint density at radius 2 is 1.70 bits per heavy atom. The average molecular weight is 263 g/mol. The fraction of sp³-hybridized carbons (Fsp3) is 0. The lowest BCUT2D eigenvalue weighted by Crippen LogP contribution is -2.10. The van der Waals surface area contributed by atoms with Crippen LogP contribution in [0.15, 0.2) is 67.4 Å². The Hall–Kier alpha value is -2.81. The fourth-order valence-corrected chi connectivity index (χ4v) is 2.29. The molecule has 0 aliphatic carbocycles. The van der Waals surface area contributed by atoms with Crippen molar-refractivity contribution in [3.05, 3.63) is 67.4 Å². The average Bonchev–Trinajstić information content (AvgIpc) is 2.46. The van der Waals surface area contributed by atoms with Crippen molar-refractivity contribution in [2.75, 3.05) is 5.32 Å². The van der Waals surface area contributed by atoms with Crippen LogP contribution in [-0.4, -0.2) is 6.09 Å². The van der Waals surface area contributed by atoms with Crippen LogP contribution >= 0.6 is 0 Å². The number of hydrogen-bond donors (Lipinski definition) is 1. The maximum Gasteiger partial charge on any atom is 0.416 e. The monoisotopic (exact) mass is 263 g/mol. The molecule has 98 valence electrons. The maximum absolute atomic E-state index is 11.5. The lowest BCUT2D eigenvalue weighted by molar-refractivity contribution is 0.201. The van der Waals surface area contributed by atoms with Crippen LogP contribution in [0.3, 0.4) is 0 Å². The number of amides is 1. The van der Waals surface area contributed by atoms with Crippen LogP contribution in [0.5, 0.6) is 0 Å². The summed E-state index contributed by atoms with van der Waals surface area (Å²) in [5.74, 6) is 0. The molecule has 0 radical (unpaired) electrons. The number of rotatable bonds is 2. The molecule has 3 aromatic carbocycles. The third-order valence-electron chi connectivity index (χ3n) is 3.17. The van der Waals surface area contributed by atoms with Crippen molar-refractivity contribution in [2.45, 2.75) is 0 Å². The molecule has 0 saturated carbocycles. The molecule has 0 aliphatic rings. The fourth-order valence-electron chi connectivity index (χ4n) is 2.29. The highest BCUT2D eigenvalue weighted by Crippen LogP contribution is 2.28. The number of ether oxygens (including phenoxy) is 1. The molecule has 0 atom stereocenters. The second kappa shape index (κ2) is 5.05. The smallest absolute Gasteiger partial charge is 0.416 e. The van der Waals surface area contributed by atoms with Gasteiger partial charge in [0, 0.05) is 5.39 Å². The second-order valence-electron chi connectivity index (χ2n) is 4.42. The van der Waals surface area contributed by atoms with E-state index >= 15 is 0 Å². The van der Waals surface area contributed by atoms with Crippen molar-refractivity contribution in [3.63, 3.8) is 0 Å². The van der Waals surface area contributed by atoms with E-state index in [2.05, 4.69) is 30.1 Å². The normalized spacial score (nSPS) is 10.4. The van der Waals surface area contributed by atoms with E-state index in [1.54, 1.807) is 0 Å². The van der Waals surface area contributed by atoms with Gasteiger partial charge >= 0.3 is 6.09 Å². The number of nitrogens with one attached hydrogen (secondary N) is 1. The highest BCUT2D eigenvalue weighted by atomic mass is 16.5. The first-order valence-corrected chi connectivity index (χ1v) is 6.28. The summed E-state index contributed by atoms with van der Waals surface area (Å²) >= 11 is 0. The maximum atomic E-state index is 11.5. The minimum atomic E-state index is -0.541. The number of carbonyl (C=O) groups excluding carboxylic acids is 1. The predicted molar refractivity (Wildman–Crippen MR) is 81.8 cm³/mol. The van der Waals surface area contributed by atoms with Crippen LogP contribution in [0.1, 0.15) is 0 Å². The van der Waals surface area contributed by atoms with Crippen LogP contribution in [0.4, 0.5) is 10.5 Å². The van der Waals surface area contributed by atoms with Gasteiger partial charge in [-0.1, -0.05) is 43.0 Å². The zero-order chi connectivity index (χ0) is 13.9. The Morgan fingerprint density at radius 3 is 2.45 bits per heavy atom. The molecule has 0 spiro atoms. The first kappa shape index (κ1) is 12.2. The van der Waals surface area contributed by atoms with Gasteiger partial charge in [0.1, 0.15) is 0 Å². The van der Waals surface area contributed by atoms with Gasteiger partial charge in [0.25, 0.3) is 0 Å². The van der Waals surface area contributed by atoms with Crippen molar-refractivity contribution in [2.24, 2.45) is 0 Å².